The summed E-state index contributed by atoms with van der Waals surface area (Å²) in [5.74, 6) is 1.70. The second-order valence-electron chi connectivity index (χ2n) is 8.67. The highest BCUT2D eigenvalue weighted by Crippen LogP contribution is 2.35. The maximum absolute atomic E-state index is 12.7. The molecule has 0 radical (unpaired) electrons. The third kappa shape index (κ3) is 5.29. The molecule has 37 heavy (non-hydrogen) atoms. The topological polar surface area (TPSA) is 132 Å². The minimum absolute atomic E-state index is 0.0501. The number of Topliss-reactive ketones (excluding diaryl/α,β-unsaturated/α-hetero) is 1. The molecule has 1 aliphatic rings. The van der Waals surface area contributed by atoms with Crippen LogP contribution in [0.4, 0.5) is 17.2 Å². The fourth-order valence-electron chi connectivity index (χ4n) is 4.14. The zero-order chi connectivity index (χ0) is 25.8. The van der Waals surface area contributed by atoms with Crippen LogP contribution in [0.5, 0.6) is 11.5 Å². The number of nitriles is 1. The van der Waals surface area contributed by atoms with Crippen LogP contribution >= 0.6 is 0 Å². The van der Waals surface area contributed by atoms with Gasteiger partial charge in [-0.25, -0.2) is 4.98 Å². The number of ether oxygens (including phenoxy) is 3. The molecule has 2 aromatic heterocycles. The number of ketones is 1. The van der Waals surface area contributed by atoms with Crippen LogP contribution in [0.25, 0.3) is 10.9 Å². The van der Waals surface area contributed by atoms with Gasteiger partial charge in [-0.3, -0.25) is 9.78 Å². The molecule has 9 nitrogen and oxygen atoms in total. The van der Waals surface area contributed by atoms with Gasteiger partial charge in [-0.15, -0.1) is 0 Å². The van der Waals surface area contributed by atoms with E-state index in [9.17, 15) is 10.1 Å². The van der Waals surface area contributed by atoms with Gasteiger partial charge in [0.25, 0.3) is 0 Å². The molecular weight excluding hydrogens is 470 g/mol. The van der Waals surface area contributed by atoms with E-state index in [4.69, 9.17) is 19.9 Å². The van der Waals surface area contributed by atoms with E-state index in [1.165, 1.54) is 12.4 Å². The van der Waals surface area contributed by atoms with Crippen molar-refractivity contribution in [3.05, 3.63) is 77.6 Å². The number of nitrogens with one attached hydrogen (secondary N) is 1. The highest BCUT2D eigenvalue weighted by molar-refractivity contribution is 5.99. The van der Waals surface area contributed by atoms with Crippen LogP contribution in [0.1, 0.15) is 27.9 Å². The van der Waals surface area contributed by atoms with E-state index in [0.717, 1.165) is 17.7 Å². The summed E-state index contributed by atoms with van der Waals surface area (Å²) in [4.78, 5) is 21.5. The number of hydrogen-bond donors (Lipinski definition) is 2. The van der Waals surface area contributed by atoms with E-state index in [1.807, 2.05) is 24.3 Å². The summed E-state index contributed by atoms with van der Waals surface area (Å²) in [5, 5.41) is 13.5. The summed E-state index contributed by atoms with van der Waals surface area (Å²) in [6.07, 6.45) is 4.02. The van der Waals surface area contributed by atoms with Crippen LogP contribution in [0.2, 0.25) is 0 Å². The summed E-state index contributed by atoms with van der Waals surface area (Å²) in [5.41, 5.74) is 9.59. The number of methoxy groups -OCH3 is 1. The summed E-state index contributed by atoms with van der Waals surface area (Å²) < 4.78 is 16.5. The number of nitrogens with two attached hydrogens (primary N) is 1. The van der Waals surface area contributed by atoms with E-state index in [2.05, 4.69) is 21.4 Å². The number of carbonyl (C=O) groups is 1. The van der Waals surface area contributed by atoms with Gasteiger partial charge in [0.2, 0.25) is 0 Å². The molecule has 2 aromatic carbocycles. The first-order valence-electron chi connectivity index (χ1n) is 11.8. The molecule has 3 heterocycles. The number of anilines is 3. The number of rotatable bonds is 8. The van der Waals surface area contributed by atoms with Crippen LogP contribution in [0.15, 0.2) is 60.9 Å². The number of nitrogen functional groups attached to an aromatic ring is 1. The molecule has 1 unspecified atom stereocenters. The van der Waals surface area contributed by atoms with E-state index >= 15 is 0 Å². The predicted octanol–water partition coefficient (Wildman–Crippen LogP) is 4.43. The van der Waals surface area contributed by atoms with Crippen molar-refractivity contribution >= 4 is 33.9 Å². The van der Waals surface area contributed by atoms with Gasteiger partial charge in [0.15, 0.2) is 5.78 Å². The maximum atomic E-state index is 12.7. The van der Waals surface area contributed by atoms with E-state index in [1.54, 1.807) is 31.4 Å². The average Bonchev–Trinajstić information content (AvgIpc) is 3.43. The lowest BCUT2D eigenvalue weighted by Gasteiger charge is -2.16. The SMILES string of the molecule is COc1ccc(CC(=O)c2ccc(Nc3c(C#N)cnc4cc(OC5CCOC5)c(N)cc34)nc2)cc1. The average molecular weight is 496 g/mol. The van der Waals surface area contributed by atoms with Gasteiger partial charge in [-0.2, -0.15) is 5.26 Å². The molecule has 0 amide bonds. The summed E-state index contributed by atoms with van der Waals surface area (Å²) in [6, 6.07) is 16.5. The van der Waals surface area contributed by atoms with Crippen molar-refractivity contribution in [2.75, 3.05) is 31.4 Å². The Morgan fingerprint density at radius 2 is 2.03 bits per heavy atom. The molecular formula is C28H25N5O4. The lowest BCUT2D eigenvalue weighted by atomic mass is 10.0. The normalized spacial score (nSPS) is 14.8. The molecule has 1 saturated heterocycles. The van der Waals surface area contributed by atoms with Crippen molar-refractivity contribution in [1.29, 1.82) is 5.26 Å². The van der Waals surface area contributed by atoms with Crippen molar-refractivity contribution in [3.63, 3.8) is 0 Å². The number of fused-ring (bicyclic) bond motifs is 1. The fraction of sp³-hybridized carbons (Fsp3) is 0.214. The Labute approximate surface area is 213 Å². The second-order valence-corrected chi connectivity index (χ2v) is 8.67. The molecule has 0 saturated carbocycles. The predicted molar refractivity (Wildman–Crippen MR) is 139 cm³/mol. The minimum atomic E-state index is -0.0516. The standard InChI is InChI=1S/C28H25N5O4/c1-35-20-5-2-17(3-6-20)10-25(34)18-4-7-27(32-14-18)33-28-19(13-29)15-31-24-12-26(23(30)11-22(24)28)37-21-8-9-36-16-21/h2-7,11-12,14-15,21H,8-10,16,30H2,1H3,(H,31,32,33). The molecule has 0 spiro atoms. The first kappa shape index (κ1) is 24.0. The Morgan fingerprint density at radius 3 is 2.70 bits per heavy atom. The monoisotopic (exact) mass is 495 g/mol. The third-order valence-corrected chi connectivity index (χ3v) is 6.16. The molecule has 0 bridgehead atoms. The van der Waals surface area contributed by atoms with Gasteiger partial charge < -0.3 is 25.3 Å². The van der Waals surface area contributed by atoms with Crippen molar-refractivity contribution in [2.24, 2.45) is 0 Å². The van der Waals surface area contributed by atoms with Gasteiger partial charge in [-0.1, -0.05) is 12.1 Å². The smallest absolute Gasteiger partial charge is 0.168 e. The van der Waals surface area contributed by atoms with Crippen LogP contribution in [-0.2, 0) is 11.2 Å². The van der Waals surface area contributed by atoms with Gasteiger partial charge in [0.05, 0.1) is 42.8 Å². The van der Waals surface area contributed by atoms with Crippen LogP contribution in [-0.4, -0.2) is 42.2 Å². The number of nitrogens with zero attached hydrogens (tertiary/aromatic N) is 3. The summed E-state index contributed by atoms with van der Waals surface area (Å²) in [6.45, 7) is 1.18. The lowest BCUT2D eigenvalue weighted by Crippen LogP contribution is -2.16. The highest BCUT2D eigenvalue weighted by atomic mass is 16.5. The molecule has 4 aromatic rings. The van der Waals surface area contributed by atoms with Crippen LogP contribution in [0, 0.1) is 11.3 Å². The number of aromatic nitrogens is 2. The van der Waals surface area contributed by atoms with Crippen molar-refractivity contribution in [2.45, 2.75) is 18.9 Å². The Kier molecular flexibility index (Phi) is 6.83. The Morgan fingerprint density at radius 1 is 1.19 bits per heavy atom. The first-order valence-corrected chi connectivity index (χ1v) is 11.8. The molecule has 9 heteroatoms. The van der Waals surface area contributed by atoms with Crippen molar-refractivity contribution in [3.8, 4) is 17.6 Å². The number of carbonyl (C=O) groups excluding carboxylic acids is 1. The Hall–Kier alpha value is -4.68. The van der Waals surface area contributed by atoms with Crippen molar-refractivity contribution < 1.29 is 19.0 Å². The molecule has 3 N–H and O–H groups in total. The molecule has 1 aliphatic heterocycles. The minimum Gasteiger partial charge on any atom is -0.497 e. The molecule has 5 rings (SSSR count). The zero-order valence-electron chi connectivity index (χ0n) is 20.2. The third-order valence-electron chi connectivity index (χ3n) is 6.16. The number of hydrogen-bond acceptors (Lipinski definition) is 9. The lowest BCUT2D eigenvalue weighted by molar-refractivity contribution is 0.0992. The van der Waals surface area contributed by atoms with E-state index in [-0.39, 0.29) is 18.3 Å². The largest absolute Gasteiger partial charge is 0.497 e. The van der Waals surface area contributed by atoms with E-state index in [0.29, 0.717) is 58.2 Å². The number of benzene rings is 2. The van der Waals surface area contributed by atoms with E-state index < -0.39 is 0 Å². The fourth-order valence-corrected chi connectivity index (χ4v) is 4.14. The van der Waals surface area contributed by atoms with Gasteiger partial charge >= 0.3 is 0 Å². The summed E-state index contributed by atoms with van der Waals surface area (Å²) in [7, 11) is 1.60. The second kappa shape index (κ2) is 10.5. The summed E-state index contributed by atoms with van der Waals surface area (Å²) >= 11 is 0. The zero-order valence-corrected chi connectivity index (χ0v) is 20.2. The molecule has 186 valence electrons. The molecule has 1 fully saturated rings. The van der Waals surface area contributed by atoms with Crippen LogP contribution < -0.4 is 20.5 Å². The molecule has 0 aliphatic carbocycles. The van der Waals surface area contributed by atoms with Gasteiger partial charge in [0.1, 0.15) is 29.5 Å². The Balaban J connectivity index is 1.36. The quantitative estimate of drug-likeness (QED) is 0.269. The number of pyridine rings is 2. The van der Waals surface area contributed by atoms with Gasteiger partial charge in [0, 0.05) is 42.3 Å². The maximum Gasteiger partial charge on any atom is 0.168 e. The molecule has 1 atom stereocenters. The van der Waals surface area contributed by atoms with Gasteiger partial charge in [-0.05, 0) is 35.9 Å². The Bertz CT molecular complexity index is 1470. The van der Waals surface area contributed by atoms with Crippen molar-refractivity contribution in [1.82, 2.24) is 9.97 Å². The van der Waals surface area contributed by atoms with Crippen LogP contribution in [0.3, 0.4) is 0 Å². The highest BCUT2D eigenvalue weighted by Gasteiger charge is 2.20. The first-order chi connectivity index (χ1) is 18.0.